The zero-order chi connectivity index (χ0) is 19.5. The fourth-order valence-corrected chi connectivity index (χ4v) is 3.64. The third-order valence-electron chi connectivity index (χ3n) is 4.43. The molecule has 2 aromatic carbocycles. The average molecular weight is 389 g/mol. The molecule has 0 saturated carbocycles. The number of carbonyl (C=O) groups excluding carboxylic acids is 1. The van der Waals surface area contributed by atoms with Crippen molar-refractivity contribution in [3.8, 4) is 10.6 Å². The van der Waals surface area contributed by atoms with Crippen molar-refractivity contribution in [2.24, 2.45) is 0 Å². The second-order valence-electron chi connectivity index (χ2n) is 6.76. The van der Waals surface area contributed by atoms with Gasteiger partial charge in [-0.3, -0.25) is 9.97 Å². The van der Waals surface area contributed by atoms with Crippen molar-refractivity contribution in [3.63, 3.8) is 0 Å². The molecule has 0 unspecified atom stereocenters. The van der Waals surface area contributed by atoms with Crippen LogP contribution in [0.15, 0.2) is 60.2 Å². The maximum absolute atomic E-state index is 12.3. The zero-order valence-corrected chi connectivity index (χ0v) is 16.4. The summed E-state index contributed by atoms with van der Waals surface area (Å²) in [4.78, 5) is 25.3. The van der Waals surface area contributed by atoms with Crippen LogP contribution in [-0.2, 0) is 11.3 Å². The zero-order valence-electron chi connectivity index (χ0n) is 15.6. The van der Waals surface area contributed by atoms with Gasteiger partial charge in [-0.15, -0.1) is 11.3 Å². The van der Waals surface area contributed by atoms with E-state index in [0.717, 1.165) is 21.8 Å². The Morgan fingerprint density at radius 1 is 1.04 bits per heavy atom. The number of ether oxygens (including phenoxy) is 1. The Balaban J connectivity index is 1.42. The first-order valence-corrected chi connectivity index (χ1v) is 9.91. The van der Waals surface area contributed by atoms with Crippen LogP contribution in [0.3, 0.4) is 0 Å². The molecule has 4 aromatic rings. The van der Waals surface area contributed by atoms with Crippen molar-refractivity contribution < 1.29 is 9.53 Å². The van der Waals surface area contributed by atoms with Gasteiger partial charge < -0.3 is 4.74 Å². The predicted molar refractivity (Wildman–Crippen MR) is 110 cm³/mol. The minimum atomic E-state index is -0.400. The number of rotatable bonds is 5. The number of benzene rings is 2. The Morgan fingerprint density at radius 2 is 1.79 bits per heavy atom. The molecule has 2 heterocycles. The van der Waals surface area contributed by atoms with Crippen LogP contribution in [0.25, 0.3) is 21.6 Å². The number of esters is 1. The smallest absolute Gasteiger partial charge is 0.338 e. The highest BCUT2D eigenvalue weighted by atomic mass is 32.1. The first kappa shape index (κ1) is 18.3. The van der Waals surface area contributed by atoms with Crippen LogP contribution in [-0.4, -0.2) is 20.9 Å². The molecule has 140 valence electrons. The fourth-order valence-electron chi connectivity index (χ4n) is 2.83. The van der Waals surface area contributed by atoms with Gasteiger partial charge in [0.25, 0.3) is 0 Å². The molecule has 0 radical (unpaired) electrons. The van der Waals surface area contributed by atoms with Crippen molar-refractivity contribution in [2.75, 3.05) is 0 Å². The second-order valence-corrected chi connectivity index (χ2v) is 7.61. The Labute approximate surface area is 167 Å². The van der Waals surface area contributed by atoms with E-state index < -0.39 is 5.97 Å². The monoisotopic (exact) mass is 389 g/mol. The molecule has 0 bridgehead atoms. The maximum Gasteiger partial charge on any atom is 0.338 e. The van der Waals surface area contributed by atoms with Crippen molar-refractivity contribution in [2.45, 2.75) is 26.4 Å². The van der Waals surface area contributed by atoms with Crippen molar-refractivity contribution >= 4 is 28.3 Å². The minimum Gasteiger partial charge on any atom is -0.456 e. The quantitative estimate of drug-likeness (QED) is 0.437. The molecule has 0 spiro atoms. The number of nitrogens with zero attached hydrogens (tertiary/aromatic N) is 3. The second kappa shape index (κ2) is 7.86. The fraction of sp³-hybridized carbons (Fsp3) is 0.182. The molecule has 4 rings (SSSR count). The minimum absolute atomic E-state index is 0.137. The number of thiazole rings is 1. The van der Waals surface area contributed by atoms with Crippen LogP contribution in [0.2, 0.25) is 0 Å². The molecule has 0 aliphatic heterocycles. The van der Waals surface area contributed by atoms with Gasteiger partial charge in [0.15, 0.2) is 0 Å². The van der Waals surface area contributed by atoms with Crippen molar-refractivity contribution in [1.82, 2.24) is 15.0 Å². The van der Waals surface area contributed by atoms with Crippen LogP contribution in [0, 0.1) is 0 Å². The summed E-state index contributed by atoms with van der Waals surface area (Å²) in [6, 6.07) is 13.6. The van der Waals surface area contributed by atoms with Gasteiger partial charge in [-0.1, -0.05) is 38.1 Å². The third kappa shape index (κ3) is 3.92. The van der Waals surface area contributed by atoms with Gasteiger partial charge in [0.2, 0.25) is 0 Å². The van der Waals surface area contributed by atoms with Crippen LogP contribution in [0.4, 0.5) is 0 Å². The summed E-state index contributed by atoms with van der Waals surface area (Å²) in [5.41, 5.74) is 4.97. The Bertz CT molecular complexity index is 1120. The van der Waals surface area contributed by atoms with Gasteiger partial charge in [-0.05, 0) is 29.7 Å². The highest BCUT2D eigenvalue weighted by Gasteiger charge is 2.11. The van der Waals surface area contributed by atoms with E-state index in [1.165, 1.54) is 5.56 Å². The van der Waals surface area contributed by atoms with Crippen LogP contribution >= 0.6 is 11.3 Å². The Kier molecular flexibility index (Phi) is 5.12. The van der Waals surface area contributed by atoms with Gasteiger partial charge in [0.05, 0.1) is 22.3 Å². The summed E-state index contributed by atoms with van der Waals surface area (Å²) in [6.07, 6.45) is 3.22. The molecule has 28 heavy (non-hydrogen) atoms. The maximum atomic E-state index is 12.3. The lowest BCUT2D eigenvalue weighted by atomic mass is 10.0. The van der Waals surface area contributed by atoms with Crippen LogP contribution in [0.5, 0.6) is 0 Å². The van der Waals surface area contributed by atoms with Crippen LogP contribution < -0.4 is 0 Å². The van der Waals surface area contributed by atoms with Gasteiger partial charge >= 0.3 is 5.97 Å². The lowest BCUT2D eigenvalue weighted by Gasteiger charge is -2.05. The first-order valence-electron chi connectivity index (χ1n) is 9.03. The average Bonchev–Trinajstić information content (AvgIpc) is 3.21. The van der Waals surface area contributed by atoms with E-state index in [2.05, 4.69) is 53.1 Å². The summed E-state index contributed by atoms with van der Waals surface area (Å²) < 4.78 is 5.42. The summed E-state index contributed by atoms with van der Waals surface area (Å²) in [5.74, 6) is 0.102. The van der Waals surface area contributed by atoms with Gasteiger partial charge in [0.1, 0.15) is 11.6 Å². The molecule has 5 nitrogen and oxygen atoms in total. The van der Waals surface area contributed by atoms with E-state index >= 15 is 0 Å². The summed E-state index contributed by atoms with van der Waals surface area (Å²) in [5, 5.41) is 2.84. The predicted octanol–water partition coefficient (Wildman–Crippen LogP) is 5.23. The normalized spacial score (nSPS) is 11.1. The molecule has 0 aliphatic carbocycles. The van der Waals surface area contributed by atoms with E-state index in [9.17, 15) is 4.79 Å². The lowest BCUT2D eigenvalue weighted by molar-refractivity contribution is 0.0468. The van der Waals surface area contributed by atoms with E-state index in [1.54, 1.807) is 41.9 Å². The first-order chi connectivity index (χ1) is 13.6. The highest BCUT2D eigenvalue weighted by Crippen LogP contribution is 2.26. The van der Waals surface area contributed by atoms with Crippen LogP contribution in [0.1, 0.15) is 41.4 Å². The molecule has 2 aromatic heterocycles. The SMILES string of the molecule is CC(C)c1ccc(-c2nc(COC(=O)c3ccc4nccnc4c3)cs2)cc1. The highest BCUT2D eigenvalue weighted by molar-refractivity contribution is 7.13. The number of aromatic nitrogens is 3. The van der Waals surface area contributed by atoms with Crippen molar-refractivity contribution in [3.05, 3.63) is 77.1 Å². The number of hydrogen-bond acceptors (Lipinski definition) is 6. The molecule has 0 N–H and O–H groups in total. The topological polar surface area (TPSA) is 65.0 Å². The van der Waals surface area contributed by atoms with E-state index in [1.807, 2.05) is 5.38 Å². The number of carbonyl (C=O) groups is 1. The Morgan fingerprint density at radius 3 is 2.54 bits per heavy atom. The summed E-state index contributed by atoms with van der Waals surface area (Å²) >= 11 is 1.55. The van der Waals surface area contributed by atoms with E-state index in [0.29, 0.717) is 17.0 Å². The standard InChI is InChI=1S/C22H19N3O2S/c1-14(2)15-3-5-16(6-4-15)21-25-18(13-28-21)12-27-22(26)17-7-8-19-20(11-17)24-10-9-23-19/h3-11,13-14H,12H2,1-2H3. The molecule has 0 aliphatic rings. The number of hydrogen-bond donors (Lipinski definition) is 0. The summed E-state index contributed by atoms with van der Waals surface area (Å²) in [7, 11) is 0. The van der Waals surface area contributed by atoms with E-state index in [-0.39, 0.29) is 6.61 Å². The van der Waals surface area contributed by atoms with Crippen molar-refractivity contribution in [1.29, 1.82) is 0 Å². The third-order valence-corrected chi connectivity index (χ3v) is 5.37. The van der Waals surface area contributed by atoms with Gasteiger partial charge in [0, 0.05) is 23.3 Å². The van der Waals surface area contributed by atoms with Gasteiger partial charge in [-0.2, -0.15) is 0 Å². The molecule has 0 atom stereocenters. The molecule has 0 amide bonds. The summed E-state index contributed by atoms with van der Waals surface area (Å²) in [6.45, 7) is 4.48. The van der Waals surface area contributed by atoms with Gasteiger partial charge in [-0.25, -0.2) is 9.78 Å². The lowest BCUT2D eigenvalue weighted by Crippen LogP contribution is -2.05. The van der Waals surface area contributed by atoms with E-state index in [4.69, 9.17) is 4.74 Å². The molecule has 0 fully saturated rings. The molecular weight excluding hydrogens is 370 g/mol. The largest absolute Gasteiger partial charge is 0.456 e. The molecule has 0 saturated heterocycles. The molecular formula is C22H19N3O2S. The molecule has 6 heteroatoms. The Hall–Kier alpha value is -3.12. The number of fused-ring (bicyclic) bond motifs is 1.